The molecule has 230 valence electrons. The maximum atomic E-state index is 14.4. The Hall–Kier alpha value is -3.89. The van der Waals surface area contributed by atoms with Gasteiger partial charge in [-0.15, -0.1) is 0 Å². The number of hydrogen-bond donors (Lipinski definition) is 1. The summed E-state index contributed by atoms with van der Waals surface area (Å²) >= 11 is 0. The highest BCUT2D eigenvalue weighted by atomic mass is 32.2. The number of benzene rings is 3. The average Bonchev–Trinajstić information content (AvgIpc) is 3.02. The smallest absolute Gasteiger partial charge is 0.304 e. The fraction of sp³-hybridized carbons (Fsp3) is 0.394. The Kier molecular flexibility index (Phi) is 11.2. The van der Waals surface area contributed by atoms with Gasteiger partial charge >= 0.3 is 10.2 Å². The average molecular weight is 607 g/mol. The van der Waals surface area contributed by atoms with Gasteiger partial charge in [-0.25, -0.2) is 4.31 Å². The zero-order chi connectivity index (χ0) is 30.8. The Morgan fingerprint density at radius 3 is 2.14 bits per heavy atom. The molecule has 1 aliphatic rings. The van der Waals surface area contributed by atoms with E-state index >= 15 is 0 Å². The van der Waals surface area contributed by atoms with Gasteiger partial charge in [-0.1, -0.05) is 79.9 Å². The third kappa shape index (κ3) is 8.58. The molecule has 0 aliphatic heterocycles. The molecule has 1 saturated carbocycles. The molecule has 0 radical (unpaired) electrons. The zero-order valence-electron chi connectivity index (χ0n) is 25.2. The van der Waals surface area contributed by atoms with E-state index in [1.807, 2.05) is 54.6 Å². The molecular formula is C33H42N4O5S. The van der Waals surface area contributed by atoms with Gasteiger partial charge in [-0.3, -0.25) is 9.59 Å². The van der Waals surface area contributed by atoms with Crippen molar-refractivity contribution in [1.82, 2.24) is 14.5 Å². The number of para-hydroxylation sites is 1. The van der Waals surface area contributed by atoms with Crippen molar-refractivity contribution in [2.75, 3.05) is 32.1 Å². The van der Waals surface area contributed by atoms with Crippen molar-refractivity contribution >= 4 is 27.7 Å². The van der Waals surface area contributed by atoms with Gasteiger partial charge in [0.1, 0.15) is 18.3 Å². The molecule has 0 saturated heterocycles. The number of methoxy groups -OCH3 is 1. The lowest BCUT2D eigenvalue weighted by Gasteiger charge is -2.35. The number of nitrogens with zero attached hydrogens (tertiary/aromatic N) is 3. The number of anilines is 1. The molecule has 4 rings (SSSR count). The minimum absolute atomic E-state index is 0.0447. The van der Waals surface area contributed by atoms with Crippen molar-refractivity contribution < 1.29 is 22.7 Å². The van der Waals surface area contributed by atoms with E-state index in [9.17, 15) is 18.0 Å². The van der Waals surface area contributed by atoms with Crippen LogP contribution >= 0.6 is 0 Å². The number of ether oxygens (including phenoxy) is 1. The van der Waals surface area contributed by atoms with Crippen LogP contribution in [0.4, 0.5) is 5.69 Å². The summed E-state index contributed by atoms with van der Waals surface area (Å²) in [4.78, 5) is 30.0. The van der Waals surface area contributed by atoms with Gasteiger partial charge in [0, 0.05) is 33.1 Å². The zero-order valence-corrected chi connectivity index (χ0v) is 26.0. The first-order valence-corrected chi connectivity index (χ1v) is 16.1. The Morgan fingerprint density at radius 1 is 0.884 bits per heavy atom. The Balaban J connectivity index is 1.75. The van der Waals surface area contributed by atoms with Crippen LogP contribution < -0.4 is 14.4 Å². The molecule has 1 fully saturated rings. The lowest BCUT2D eigenvalue weighted by atomic mass is 9.94. The van der Waals surface area contributed by atoms with Gasteiger partial charge in [0.2, 0.25) is 11.8 Å². The molecule has 1 aliphatic carbocycles. The largest absolute Gasteiger partial charge is 0.497 e. The molecule has 0 unspecified atom stereocenters. The van der Waals surface area contributed by atoms with E-state index in [1.165, 1.54) is 19.0 Å². The molecular weight excluding hydrogens is 564 g/mol. The fourth-order valence-corrected chi connectivity index (χ4v) is 6.43. The van der Waals surface area contributed by atoms with E-state index < -0.39 is 28.7 Å². The van der Waals surface area contributed by atoms with Gasteiger partial charge in [-0.05, 0) is 48.2 Å². The molecule has 43 heavy (non-hydrogen) atoms. The molecule has 0 bridgehead atoms. The summed E-state index contributed by atoms with van der Waals surface area (Å²) in [5.41, 5.74) is 2.02. The molecule has 10 heteroatoms. The second kappa shape index (κ2) is 15.0. The van der Waals surface area contributed by atoms with Crippen LogP contribution in [0.15, 0.2) is 84.9 Å². The van der Waals surface area contributed by atoms with Crippen LogP contribution in [-0.2, 0) is 32.8 Å². The van der Waals surface area contributed by atoms with E-state index in [-0.39, 0.29) is 24.9 Å². The minimum atomic E-state index is -4.03. The fourth-order valence-electron chi connectivity index (χ4n) is 5.38. The summed E-state index contributed by atoms with van der Waals surface area (Å²) in [5.74, 6) is -0.109. The predicted molar refractivity (Wildman–Crippen MR) is 169 cm³/mol. The predicted octanol–water partition coefficient (Wildman–Crippen LogP) is 4.40. The Morgan fingerprint density at radius 2 is 1.51 bits per heavy atom. The molecule has 3 aromatic carbocycles. The van der Waals surface area contributed by atoms with Crippen LogP contribution in [-0.4, -0.2) is 69.3 Å². The number of carbonyl (C=O) groups excluding carboxylic acids is 2. The second-order valence-corrected chi connectivity index (χ2v) is 13.1. The van der Waals surface area contributed by atoms with Crippen molar-refractivity contribution in [3.63, 3.8) is 0 Å². The van der Waals surface area contributed by atoms with Crippen molar-refractivity contribution in [2.45, 2.75) is 57.2 Å². The van der Waals surface area contributed by atoms with Crippen LogP contribution in [0, 0.1) is 0 Å². The van der Waals surface area contributed by atoms with Gasteiger partial charge in [0.05, 0.1) is 12.8 Å². The molecule has 9 nitrogen and oxygen atoms in total. The van der Waals surface area contributed by atoms with Crippen molar-refractivity contribution in [2.24, 2.45) is 0 Å². The first-order valence-electron chi connectivity index (χ1n) is 14.7. The summed E-state index contributed by atoms with van der Waals surface area (Å²) in [6, 6.07) is 24.6. The standard InChI is InChI=1S/C33H42N4O5S/c1-35(2)43(40,41)37(29-19-11-6-12-20-29)25-32(38)36(24-27-16-13-21-30(22-27)42-3)31(23-26-14-7-4-8-15-26)33(39)34-28-17-9-5-10-18-28/h4,6-8,11-16,19-22,28,31H,5,9-10,17-18,23-25H2,1-3H3,(H,34,39)/t31-/m1/s1. The third-order valence-electron chi connectivity index (χ3n) is 7.77. The van der Waals surface area contributed by atoms with Gasteiger partial charge in [0.25, 0.3) is 0 Å². The molecule has 0 aromatic heterocycles. The van der Waals surface area contributed by atoms with E-state index in [2.05, 4.69) is 5.32 Å². The molecule has 1 N–H and O–H groups in total. The van der Waals surface area contributed by atoms with Gasteiger partial charge in [-0.2, -0.15) is 12.7 Å². The van der Waals surface area contributed by atoms with Gasteiger partial charge in [0.15, 0.2) is 0 Å². The highest BCUT2D eigenvalue weighted by molar-refractivity contribution is 7.90. The summed E-state index contributed by atoms with van der Waals surface area (Å²) in [6.45, 7) is -0.382. The maximum Gasteiger partial charge on any atom is 0.304 e. The second-order valence-electron chi connectivity index (χ2n) is 11.1. The van der Waals surface area contributed by atoms with E-state index in [1.54, 1.807) is 37.4 Å². The molecule has 0 heterocycles. The van der Waals surface area contributed by atoms with Crippen molar-refractivity contribution in [3.05, 3.63) is 96.1 Å². The molecule has 3 aromatic rings. The van der Waals surface area contributed by atoms with E-state index in [0.29, 0.717) is 11.4 Å². The van der Waals surface area contributed by atoms with E-state index in [4.69, 9.17) is 4.74 Å². The molecule has 1 atom stereocenters. The normalized spacial score (nSPS) is 14.6. The molecule has 2 amide bonds. The highest BCUT2D eigenvalue weighted by Gasteiger charge is 2.35. The van der Waals surface area contributed by atoms with Crippen LogP contribution in [0.1, 0.15) is 43.2 Å². The van der Waals surface area contributed by atoms with E-state index in [0.717, 1.165) is 51.8 Å². The first kappa shape index (κ1) is 32.0. The van der Waals surface area contributed by atoms with Gasteiger partial charge < -0.3 is 15.0 Å². The van der Waals surface area contributed by atoms with Crippen molar-refractivity contribution in [3.8, 4) is 5.75 Å². The lowest BCUT2D eigenvalue weighted by Crippen LogP contribution is -2.55. The van der Waals surface area contributed by atoms with Crippen LogP contribution in [0.3, 0.4) is 0 Å². The summed E-state index contributed by atoms with van der Waals surface area (Å²) in [7, 11) is 0.398. The van der Waals surface area contributed by atoms with Crippen LogP contribution in [0.5, 0.6) is 5.75 Å². The maximum absolute atomic E-state index is 14.4. The lowest BCUT2D eigenvalue weighted by molar-refractivity contribution is -0.140. The number of hydrogen-bond acceptors (Lipinski definition) is 5. The monoisotopic (exact) mass is 606 g/mol. The quantitative estimate of drug-likeness (QED) is 0.311. The number of rotatable bonds is 13. The van der Waals surface area contributed by atoms with Crippen LogP contribution in [0.2, 0.25) is 0 Å². The summed E-state index contributed by atoms with van der Waals surface area (Å²) < 4.78 is 34.5. The summed E-state index contributed by atoms with van der Waals surface area (Å²) in [5, 5.41) is 3.22. The Bertz CT molecular complexity index is 1440. The van der Waals surface area contributed by atoms with Crippen molar-refractivity contribution in [1.29, 1.82) is 0 Å². The number of amides is 2. The number of nitrogens with one attached hydrogen (secondary N) is 1. The summed E-state index contributed by atoms with van der Waals surface area (Å²) in [6.07, 6.45) is 5.33. The van der Waals surface area contributed by atoms with Crippen LogP contribution in [0.25, 0.3) is 0 Å². The number of carbonyl (C=O) groups is 2. The Labute approximate surface area is 255 Å². The minimum Gasteiger partial charge on any atom is -0.497 e. The first-order chi connectivity index (χ1) is 20.7. The SMILES string of the molecule is COc1cccc(CN(C(=O)CN(c2ccccc2)S(=O)(=O)N(C)C)[C@H](Cc2ccccc2)C(=O)NC2CCCCC2)c1. The molecule has 0 spiro atoms. The topological polar surface area (TPSA) is 99.3 Å². The highest BCUT2D eigenvalue weighted by Crippen LogP contribution is 2.23. The third-order valence-corrected chi connectivity index (χ3v) is 9.59.